The van der Waals surface area contributed by atoms with Gasteiger partial charge in [0.25, 0.3) is 0 Å². The summed E-state index contributed by atoms with van der Waals surface area (Å²) in [5.41, 5.74) is 1.61. The summed E-state index contributed by atoms with van der Waals surface area (Å²) in [5.74, 6) is -0.798. The number of benzene rings is 1. The van der Waals surface area contributed by atoms with E-state index in [0.717, 1.165) is 14.7 Å². The molecule has 0 saturated carbocycles. The third kappa shape index (κ3) is 5.92. The molecule has 0 atom stereocenters. The van der Waals surface area contributed by atoms with Crippen molar-refractivity contribution in [2.24, 2.45) is 0 Å². The highest BCUT2D eigenvalue weighted by molar-refractivity contribution is 14.1. The number of halogens is 1. The summed E-state index contributed by atoms with van der Waals surface area (Å²) in [6.45, 7) is 7.34. The van der Waals surface area contributed by atoms with Crippen molar-refractivity contribution in [1.29, 1.82) is 0 Å². The monoisotopic (exact) mass is 420 g/mol. The van der Waals surface area contributed by atoms with Gasteiger partial charge in [0.15, 0.2) is 0 Å². The van der Waals surface area contributed by atoms with E-state index in [2.05, 4.69) is 22.6 Å². The number of carbonyl (C=O) groups excluding carboxylic acids is 2. The highest BCUT2D eigenvalue weighted by atomic mass is 127. The molecule has 1 aromatic carbocycles. The largest absolute Gasteiger partial charge is 0.465 e. The van der Waals surface area contributed by atoms with Gasteiger partial charge >= 0.3 is 11.9 Å². The Labute approximate surface area is 144 Å². The van der Waals surface area contributed by atoms with Crippen LogP contribution in [0.25, 0.3) is 0 Å². The Kier molecular flexibility index (Phi) is 6.80. The summed E-state index contributed by atoms with van der Waals surface area (Å²) < 4.78 is 16.2. The maximum atomic E-state index is 11.7. The Balaban J connectivity index is 2.72. The number of carbonyl (C=O) groups is 2. The van der Waals surface area contributed by atoms with Crippen molar-refractivity contribution in [2.45, 2.75) is 39.9 Å². The second-order valence-corrected chi connectivity index (χ2v) is 7.05. The Morgan fingerprint density at radius 2 is 1.86 bits per heavy atom. The SMILES string of the molecule is COC(=O)c1cc(I)cc(COCC(=O)OC(C)(C)C)c1C. The van der Waals surface area contributed by atoms with Crippen molar-refractivity contribution >= 4 is 34.5 Å². The maximum Gasteiger partial charge on any atom is 0.338 e. The van der Waals surface area contributed by atoms with Gasteiger partial charge in [-0.1, -0.05) is 0 Å². The molecule has 0 N–H and O–H groups in total. The molecule has 0 fully saturated rings. The minimum Gasteiger partial charge on any atom is -0.465 e. The second kappa shape index (κ2) is 7.92. The van der Waals surface area contributed by atoms with Gasteiger partial charge in [0.05, 0.1) is 19.3 Å². The van der Waals surface area contributed by atoms with Crippen LogP contribution < -0.4 is 0 Å². The fraction of sp³-hybridized carbons (Fsp3) is 0.500. The molecule has 22 heavy (non-hydrogen) atoms. The fourth-order valence-corrected chi connectivity index (χ4v) is 2.51. The van der Waals surface area contributed by atoms with Gasteiger partial charge < -0.3 is 14.2 Å². The topological polar surface area (TPSA) is 61.8 Å². The zero-order valence-electron chi connectivity index (χ0n) is 13.5. The molecule has 5 nitrogen and oxygen atoms in total. The lowest BCUT2D eigenvalue weighted by atomic mass is 10.0. The van der Waals surface area contributed by atoms with Crippen LogP contribution in [0.2, 0.25) is 0 Å². The quantitative estimate of drug-likeness (QED) is 0.541. The zero-order chi connectivity index (χ0) is 16.9. The van der Waals surface area contributed by atoms with Crippen LogP contribution in [0.1, 0.15) is 42.3 Å². The standard InChI is InChI=1S/C16H21IO5/c1-10-11(6-12(17)7-13(10)15(19)20-5)8-21-9-14(18)22-16(2,3)4/h6-7H,8-9H2,1-5H3. The van der Waals surface area contributed by atoms with Gasteiger partial charge in [-0.3, -0.25) is 0 Å². The number of ether oxygens (including phenoxy) is 3. The lowest BCUT2D eigenvalue weighted by molar-refractivity contribution is -0.160. The van der Waals surface area contributed by atoms with E-state index in [1.54, 1.807) is 26.8 Å². The smallest absolute Gasteiger partial charge is 0.338 e. The van der Waals surface area contributed by atoms with E-state index >= 15 is 0 Å². The van der Waals surface area contributed by atoms with Crippen LogP contribution >= 0.6 is 22.6 Å². The van der Waals surface area contributed by atoms with Crippen molar-refractivity contribution in [1.82, 2.24) is 0 Å². The molecule has 0 spiro atoms. The first-order valence-electron chi connectivity index (χ1n) is 6.81. The summed E-state index contributed by atoms with van der Waals surface area (Å²) in [7, 11) is 1.35. The molecule has 0 amide bonds. The minimum absolute atomic E-state index is 0.129. The molecular weight excluding hydrogens is 399 g/mol. The molecule has 0 radical (unpaired) electrons. The van der Waals surface area contributed by atoms with Crippen LogP contribution in [0.15, 0.2) is 12.1 Å². The Morgan fingerprint density at radius 1 is 1.23 bits per heavy atom. The summed E-state index contributed by atoms with van der Waals surface area (Å²) >= 11 is 2.13. The maximum absolute atomic E-state index is 11.7. The minimum atomic E-state index is -0.531. The van der Waals surface area contributed by atoms with Crippen molar-refractivity contribution in [3.63, 3.8) is 0 Å². The van der Waals surface area contributed by atoms with E-state index in [1.165, 1.54) is 7.11 Å². The molecule has 0 aromatic heterocycles. The molecule has 0 aliphatic carbocycles. The van der Waals surface area contributed by atoms with Gasteiger partial charge in [-0.25, -0.2) is 9.59 Å². The van der Waals surface area contributed by atoms with E-state index in [4.69, 9.17) is 14.2 Å². The molecule has 6 heteroatoms. The Morgan fingerprint density at radius 3 is 2.41 bits per heavy atom. The molecular formula is C16H21IO5. The van der Waals surface area contributed by atoms with Gasteiger partial charge in [0.1, 0.15) is 12.2 Å². The lowest BCUT2D eigenvalue weighted by Crippen LogP contribution is -2.26. The number of rotatable bonds is 5. The van der Waals surface area contributed by atoms with Crippen LogP contribution in [-0.2, 0) is 25.6 Å². The predicted octanol–water partition coefficient (Wildman–Crippen LogP) is 3.24. The van der Waals surface area contributed by atoms with Crippen LogP contribution in [-0.4, -0.2) is 31.3 Å². The molecule has 0 saturated heterocycles. The summed E-state index contributed by atoms with van der Waals surface area (Å²) in [5, 5.41) is 0. The van der Waals surface area contributed by atoms with E-state index in [9.17, 15) is 9.59 Å². The van der Waals surface area contributed by atoms with Crippen LogP contribution in [0.3, 0.4) is 0 Å². The summed E-state index contributed by atoms with van der Waals surface area (Å²) in [6, 6.07) is 3.68. The van der Waals surface area contributed by atoms with E-state index < -0.39 is 11.6 Å². The van der Waals surface area contributed by atoms with Gasteiger partial charge in [0, 0.05) is 3.57 Å². The molecule has 1 aromatic rings. The third-order valence-electron chi connectivity index (χ3n) is 2.78. The Hall–Kier alpha value is -1.15. The average Bonchev–Trinajstić information content (AvgIpc) is 2.39. The van der Waals surface area contributed by atoms with Crippen LogP contribution in [0.4, 0.5) is 0 Å². The normalized spacial score (nSPS) is 11.2. The first-order valence-corrected chi connectivity index (χ1v) is 7.89. The molecule has 0 bridgehead atoms. The van der Waals surface area contributed by atoms with Crippen molar-refractivity contribution in [3.8, 4) is 0 Å². The summed E-state index contributed by atoms with van der Waals surface area (Å²) in [6.07, 6.45) is 0. The van der Waals surface area contributed by atoms with Crippen molar-refractivity contribution in [2.75, 3.05) is 13.7 Å². The molecule has 122 valence electrons. The van der Waals surface area contributed by atoms with Gasteiger partial charge in [0.2, 0.25) is 0 Å². The Bertz CT molecular complexity index is 560. The van der Waals surface area contributed by atoms with Crippen LogP contribution in [0.5, 0.6) is 0 Å². The molecule has 1 rings (SSSR count). The van der Waals surface area contributed by atoms with Gasteiger partial charge in [-0.05, 0) is 73.5 Å². The fourth-order valence-electron chi connectivity index (χ4n) is 1.82. The zero-order valence-corrected chi connectivity index (χ0v) is 15.6. The van der Waals surface area contributed by atoms with E-state index in [1.807, 2.05) is 13.0 Å². The number of esters is 2. The van der Waals surface area contributed by atoms with Crippen molar-refractivity contribution in [3.05, 3.63) is 32.4 Å². The van der Waals surface area contributed by atoms with Gasteiger partial charge in [-0.15, -0.1) is 0 Å². The molecule has 0 aliphatic rings. The second-order valence-electron chi connectivity index (χ2n) is 5.81. The molecule has 0 aliphatic heterocycles. The first-order chi connectivity index (χ1) is 10.1. The highest BCUT2D eigenvalue weighted by Crippen LogP contribution is 2.20. The van der Waals surface area contributed by atoms with Gasteiger partial charge in [-0.2, -0.15) is 0 Å². The number of hydrogen-bond donors (Lipinski definition) is 0. The van der Waals surface area contributed by atoms with E-state index in [-0.39, 0.29) is 19.2 Å². The molecule has 0 unspecified atom stereocenters. The number of hydrogen-bond acceptors (Lipinski definition) is 5. The van der Waals surface area contributed by atoms with Crippen molar-refractivity contribution < 1.29 is 23.8 Å². The van der Waals surface area contributed by atoms with E-state index in [0.29, 0.717) is 5.56 Å². The summed E-state index contributed by atoms with van der Waals surface area (Å²) in [4.78, 5) is 23.3. The molecule has 0 heterocycles. The predicted molar refractivity (Wildman–Crippen MR) is 90.7 cm³/mol. The average molecular weight is 420 g/mol. The van der Waals surface area contributed by atoms with Crippen LogP contribution in [0, 0.1) is 10.5 Å². The highest BCUT2D eigenvalue weighted by Gasteiger charge is 2.17. The third-order valence-corrected chi connectivity index (χ3v) is 3.41. The lowest BCUT2D eigenvalue weighted by Gasteiger charge is -2.19. The first kappa shape index (κ1) is 18.9. The number of methoxy groups -OCH3 is 1.